The van der Waals surface area contributed by atoms with E-state index in [2.05, 4.69) is 6.92 Å². The van der Waals surface area contributed by atoms with Crippen molar-refractivity contribution in [2.45, 2.75) is 64.7 Å². The number of rotatable bonds is 12. The molecule has 0 spiro atoms. The molecule has 1 N–H and O–H groups in total. The average molecular weight is 386 g/mol. The maximum atomic E-state index is 12.5. The molecular weight excluding hydrogens is 355 g/mol. The number of hydrogen-bond donors (Lipinski definition) is 1. The smallest absolute Gasteiger partial charge is 0.298 e. The molecular formula is C23H31O3P. The Kier molecular flexibility index (Phi) is 8.97. The molecule has 4 heteroatoms. The molecule has 0 fully saturated rings. The van der Waals surface area contributed by atoms with Gasteiger partial charge in [0.05, 0.1) is 0 Å². The largest absolute Gasteiger partial charge is 0.336 e. The van der Waals surface area contributed by atoms with Crippen LogP contribution in [0.1, 0.15) is 74.2 Å². The lowest BCUT2D eigenvalue weighted by atomic mass is 10.0. The lowest BCUT2D eigenvalue weighted by molar-refractivity contribution is 0.106. The van der Waals surface area contributed by atoms with Gasteiger partial charge in [0.1, 0.15) is 0 Å². The summed E-state index contributed by atoms with van der Waals surface area (Å²) in [6, 6.07) is 15.3. The molecule has 3 nitrogen and oxygen atoms in total. The van der Waals surface area contributed by atoms with Crippen molar-refractivity contribution in [2.24, 2.45) is 0 Å². The molecule has 0 aliphatic carbocycles. The van der Waals surface area contributed by atoms with Crippen LogP contribution < -0.4 is 5.30 Å². The van der Waals surface area contributed by atoms with Crippen LogP contribution in [0.2, 0.25) is 0 Å². The fourth-order valence-electron chi connectivity index (χ4n) is 3.20. The van der Waals surface area contributed by atoms with Gasteiger partial charge in [0.15, 0.2) is 0 Å². The second-order valence-corrected chi connectivity index (χ2v) is 9.21. The quantitative estimate of drug-likeness (QED) is 0.354. The summed E-state index contributed by atoms with van der Waals surface area (Å²) in [5, 5.41) is 0.179. The van der Waals surface area contributed by atoms with Crippen molar-refractivity contribution in [3.8, 4) is 0 Å². The molecule has 2 aromatic rings. The van der Waals surface area contributed by atoms with Gasteiger partial charge in [-0.25, -0.2) is 0 Å². The zero-order chi connectivity index (χ0) is 19.5. The van der Waals surface area contributed by atoms with E-state index in [9.17, 15) is 14.3 Å². The second kappa shape index (κ2) is 11.2. The fraction of sp³-hybridized carbons (Fsp3) is 0.435. The van der Waals surface area contributed by atoms with E-state index in [0.29, 0.717) is 5.56 Å². The van der Waals surface area contributed by atoms with Gasteiger partial charge in [-0.05, 0) is 30.5 Å². The van der Waals surface area contributed by atoms with E-state index in [1.54, 1.807) is 30.3 Å². The number of benzene rings is 2. The summed E-state index contributed by atoms with van der Waals surface area (Å²) in [7, 11) is -4.05. The molecule has 0 bridgehead atoms. The van der Waals surface area contributed by atoms with Crippen LogP contribution in [0.4, 0.5) is 0 Å². The van der Waals surface area contributed by atoms with Gasteiger partial charge in [-0.1, -0.05) is 94.3 Å². The van der Waals surface area contributed by atoms with Crippen molar-refractivity contribution < 1.29 is 14.3 Å². The number of carbonyl (C=O) groups is 1. The molecule has 0 aliphatic rings. The molecule has 1 unspecified atom stereocenters. The van der Waals surface area contributed by atoms with Crippen LogP contribution in [0, 0.1) is 0 Å². The minimum atomic E-state index is -4.05. The molecule has 0 saturated carbocycles. The third-order valence-electron chi connectivity index (χ3n) is 4.90. The maximum absolute atomic E-state index is 12.5. The number of unbranched alkanes of at least 4 members (excludes halogenated alkanes) is 7. The molecule has 2 aromatic carbocycles. The predicted octanol–water partition coefficient (Wildman–Crippen LogP) is 6.11. The Bertz CT molecular complexity index is 738. The van der Waals surface area contributed by atoms with Gasteiger partial charge in [0.2, 0.25) is 0 Å². The summed E-state index contributed by atoms with van der Waals surface area (Å²) in [6.07, 6.45) is 11.3. The van der Waals surface area contributed by atoms with Gasteiger partial charge in [-0.3, -0.25) is 9.36 Å². The molecule has 0 radical (unpaired) electrons. The van der Waals surface area contributed by atoms with Gasteiger partial charge in [0.25, 0.3) is 12.9 Å². The maximum Gasteiger partial charge on any atom is 0.298 e. The van der Waals surface area contributed by atoms with Gasteiger partial charge in [-0.2, -0.15) is 0 Å². The third kappa shape index (κ3) is 6.75. The summed E-state index contributed by atoms with van der Waals surface area (Å²) >= 11 is 0. The first-order valence-corrected chi connectivity index (χ1v) is 11.7. The molecule has 0 saturated heterocycles. The normalized spacial score (nSPS) is 13.3. The Morgan fingerprint density at radius 1 is 0.815 bits per heavy atom. The lowest BCUT2D eigenvalue weighted by Gasteiger charge is -2.11. The van der Waals surface area contributed by atoms with Crippen LogP contribution in [0.5, 0.6) is 0 Å². The SMILES string of the molecule is CCCCCCCCCCc1ccc(C(=O)P(=O)(O)c2ccccc2)cc1. The molecule has 27 heavy (non-hydrogen) atoms. The van der Waals surface area contributed by atoms with Crippen molar-refractivity contribution in [3.05, 3.63) is 65.7 Å². The van der Waals surface area contributed by atoms with E-state index in [0.717, 1.165) is 12.8 Å². The predicted molar refractivity (Wildman–Crippen MR) is 113 cm³/mol. The summed E-state index contributed by atoms with van der Waals surface area (Å²) < 4.78 is 12.5. The highest BCUT2D eigenvalue weighted by atomic mass is 31.2. The van der Waals surface area contributed by atoms with E-state index in [4.69, 9.17) is 0 Å². The lowest BCUT2D eigenvalue weighted by Crippen LogP contribution is -2.12. The first-order valence-electron chi connectivity index (χ1n) is 10.1. The monoisotopic (exact) mass is 386 g/mol. The van der Waals surface area contributed by atoms with E-state index in [1.807, 2.05) is 12.1 Å². The first-order chi connectivity index (χ1) is 13.1. The Labute approximate surface area is 163 Å². The minimum Gasteiger partial charge on any atom is -0.336 e. The van der Waals surface area contributed by atoms with E-state index in [1.165, 1.54) is 62.6 Å². The fourth-order valence-corrected chi connectivity index (χ4v) is 4.51. The third-order valence-corrected chi connectivity index (χ3v) is 6.71. The molecule has 1 atom stereocenters. The topological polar surface area (TPSA) is 54.4 Å². The number of carbonyl (C=O) groups excluding carboxylic acids is 1. The van der Waals surface area contributed by atoms with Crippen LogP contribution in [-0.4, -0.2) is 10.4 Å². The van der Waals surface area contributed by atoms with Crippen LogP contribution in [0.25, 0.3) is 0 Å². The zero-order valence-electron chi connectivity index (χ0n) is 16.3. The standard InChI is InChI=1S/C23H31O3P/c1-2-3-4-5-6-7-8-10-13-20-16-18-21(19-17-20)23(24)27(25,26)22-14-11-9-12-15-22/h9,11-12,14-19H,2-8,10,13H2,1H3,(H,25,26). The Morgan fingerprint density at radius 2 is 1.37 bits per heavy atom. The van der Waals surface area contributed by atoms with Crippen LogP contribution in [0.15, 0.2) is 54.6 Å². The minimum absolute atomic E-state index is 0.179. The highest BCUT2D eigenvalue weighted by Gasteiger charge is 2.31. The highest BCUT2D eigenvalue weighted by molar-refractivity contribution is 7.82. The molecule has 0 aromatic heterocycles. The second-order valence-electron chi connectivity index (χ2n) is 7.14. The van der Waals surface area contributed by atoms with Crippen molar-refractivity contribution in [3.63, 3.8) is 0 Å². The van der Waals surface area contributed by atoms with Gasteiger partial charge in [0, 0.05) is 10.9 Å². The van der Waals surface area contributed by atoms with Crippen LogP contribution >= 0.6 is 7.37 Å². The zero-order valence-corrected chi connectivity index (χ0v) is 17.2. The van der Waals surface area contributed by atoms with Gasteiger partial charge < -0.3 is 4.89 Å². The van der Waals surface area contributed by atoms with Crippen molar-refractivity contribution in [1.29, 1.82) is 0 Å². The average Bonchev–Trinajstić information content (AvgIpc) is 2.70. The van der Waals surface area contributed by atoms with E-state index < -0.39 is 12.9 Å². The van der Waals surface area contributed by atoms with Crippen molar-refractivity contribution in [2.75, 3.05) is 0 Å². The Hall–Kier alpha value is -1.70. The van der Waals surface area contributed by atoms with Gasteiger partial charge >= 0.3 is 0 Å². The number of hydrogen-bond acceptors (Lipinski definition) is 2. The number of aryl methyl sites for hydroxylation is 1. The molecule has 2 rings (SSSR count). The van der Waals surface area contributed by atoms with Gasteiger partial charge in [-0.15, -0.1) is 0 Å². The molecule has 0 amide bonds. The highest BCUT2D eigenvalue weighted by Crippen LogP contribution is 2.43. The summed E-state index contributed by atoms with van der Waals surface area (Å²) in [5.41, 5.74) is 0.765. The first kappa shape index (κ1) is 21.6. The Balaban J connectivity index is 1.81. The summed E-state index contributed by atoms with van der Waals surface area (Å²) in [6.45, 7) is 2.24. The van der Waals surface area contributed by atoms with Crippen molar-refractivity contribution >= 4 is 18.2 Å². The van der Waals surface area contributed by atoms with E-state index >= 15 is 0 Å². The summed E-state index contributed by atoms with van der Waals surface area (Å²) in [5.74, 6) is 0. The Morgan fingerprint density at radius 3 is 1.96 bits per heavy atom. The van der Waals surface area contributed by atoms with Crippen molar-refractivity contribution in [1.82, 2.24) is 0 Å². The summed E-state index contributed by atoms with van der Waals surface area (Å²) in [4.78, 5) is 22.7. The van der Waals surface area contributed by atoms with E-state index in [-0.39, 0.29) is 5.30 Å². The molecule has 146 valence electrons. The molecule has 0 aliphatic heterocycles. The van der Waals surface area contributed by atoms with Crippen LogP contribution in [0.3, 0.4) is 0 Å². The molecule has 0 heterocycles. The van der Waals surface area contributed by atoms with Crippen LogP contribution in [-0.2, 0) is 11.0 Å².